The largest absolute Gasteiger partial charge is 0.503 e. The molecule has 0 aliphatic heterocycles. The highest BCUT2D eigenvalue weighted by Gasteiger charge is 2.32. The fraction of sp³-hybridized carbons (Fsp3) is 0. The monoisotopic (exact) mass is 208 g/mol. The van der Waals surface area contributed by atoms with Crippen LogP contribution in [0.15, 0.2) is 21.6 Å². The molecule has 0 saturated carbocycles. The van der Waals surface area contributed by atoms with Gasteiger partial charge in [0.15, 0.2) is 11.5 Å². The number of rotatable bonds is 0. The maximum atomic E-state index is 10.8. The lowest BCUT2D eigenvalue weighted by atomic mass is 10.1. The number of hydrogen-bond donors (Lipinski definition) is 2. The molecule has 1 rings (SSSR count). The molecule has 64 valence electrons. The van der Waals surface area contributed by atoms with E-state index in [-0.39, 0.29) is 0 Å². The summed E-state index contributed by atoms with van der Waals surface area (Å²) in [4.78, 5) is 21.6. The van der Waals surface area contributed by atoms with Crippen molar-refractivity contribution in [1.29, 1.82) is 0 Å². The van der Waals surface area contributed by atoms with Gasteiger partial charge in [-0.3, -0.25) is 9.59 Å². The van der Waals surface area contributed by atoms with E-state index < -0.39 is 33.1 Å². The van der Waals surface area contributed by atoms with E-state index in [0.717, 1.165) is 0 Å². The molecule has 12 heavy (non-hydrogen) atoms. The maximum absolute atomic E-state index is 10.8. The van der Waals surface area contributed by atoms with Crippen LogP contribution in [0.2, 0.25) is 0 Å². The van der Waals surface area contributed by atoms with E-state index >= 15 is 0 Å². The lowest BCUT2D eigenvalue weighted by molar-refractivity contribution is -0.119. The molecule has 0 spiro atoms. The van der Waals surface area contributed by atoms with Crippen LogP contribution in [-0.2, 0) is 9.59 Å². The average molecular weight is 209 g/mol. The molecule has 6 heteroatoms. The second-order valence-corrected chi connectivity index (χ2v) is 2.74. The number of carbonyl (C=O) groups is 2. The van der Waals surface area contributed by atoms with Crippen molar-refractivity contribution in [2.45, 2.75) is 0 Å². The summed E-state index contributed by atoms with van der Waals surface area (Å²) in [5, 5.41) is 16.3. The zero-order valence-electron chi connectivity index (χ0n) is 5.47. The SMILES string of the molecule is O=C1C(O)=C(Cl)C(=O)C(O)=C1Cl. The number of hydrogen-bond acceptors (Lipinski definition) is 4. The number of carbonyl (C=O) groups excluding carboxylic acids is 2. The van der Waals surface area contributed by atoms with E-state index in [1.165, 1.54) is 0 Å². The zero-order chi connectivity index (χ0) is 9.46. The smallest absolute Gasteiger partial charge is 0.244 e. The highest BCUT2D eigenvalue weighted by atomic mass is 35.5. The molecular formula is C6H2Cl2O4. The first-order valence-corrected chi connectivity index (χ1v) is 3.49. The van der Waals surface area contributed by atoms with Crippen molar-refractivity contribution in [3.05, 3.63) is 21.6 Å². The van der Waals surface area contributed by atoms with E-state index in [4.69, 9.17) is 33.4 Å². The van der Waals surface area contributed by atoms with E-state index in [0.29, 0.717) is 0 Å². The minimum absolute atomic E-state index is 0.720. The lowest BCUT2D eigenvalue weighted by Gasteiger charge is -2.08. The van der Waals surface area contributed by atoms with Gasteiger partial charge in [-0.1, -0.05) is 23.2 Å². The van der Waals surface area contributed by atoms with Gasteiger partial charge in [-0.2, -0.15) is 0 Å². The molecule has 0 atom stereocenters. The van der Waals surface area contributed by atoms with Crippen LogP contribution in [0, 0.1) is 0 Å². The van der Waals surface area contributed by atoms with Crippen molar-refractivity contribution in [3.63, 3.8) is 0 Å². The minimum atomic E-state index is -1.06. The Morgan fingerprint density at radius 3 is 1.33 bits per heavy atom. The van der Waals surface area contributed by atoms with Gasteiger partial charge in [-0.15, -0.1) is 0 Å². The third kappa shape index (κ3) is 1.09. The van der Waals surface area contributed by atoms with Crippen LogP contribution >= 0.6 is 23.2 Å². The van der Waals surface area contributed by atoms with Crippen molar-refractivity contribution in [2.24, 2.45) is 0 Å². The van der Waals surface area contributed by atoms with E-state index in [1.54, 1.807) is 0 Å². The van der Waals surface area contributed by atoms with Gasteiger partial charge < -0.3 is 10.2 Å². The van der Waals surface area contributed by atoms with E-state index in [1.807, 2.05) is 0 Å². The molecule has 0 fully saturated rings. The number of aliphatic hydroxyl groups is 2. The molecule has 2 N–H and O–H groups in total. The van der Waals surface area contributed by atoms with Gasteiger partial charge in [-0.25, -0.2) is 0 Å². The second kappa shape index (κ2) is 2.80. The Balaban J connectivity index is 3.32. The summed E-state index contributed by atoms with van der Waals surface area (Å²) in [6.07, 6.45) is 0. The van der Waals surface area contributed by atoms with Gasteiger partial charge in [0.1, 0.15) is 10.1 Å². The van der Waals surface area contributed by atoms with Crippen LogP contribution in [0.3, 0.4) is 0 Å². The highest BCUT2D eigenvalue weighted by molar-refractivity contribution is 6.55. The minimum Gasteiger partial charge on any atom is -0.503 e. The van der Waals surface area contributed by atoms with Gasteiger partial charge >= 0.3 is 0 Å². The van der Waals surface area contributed by atoms with Gasteiger partial charge in [0.2, 0.25) is 11.6 Å². The second-order valence-electron chi connectivity index (χ2n) is 1.98. The van der Waals surface area contributed by atoms with Gasteiger partial charge in [-0.05, 0) is 0 Å². The molecular weight excluding hydrogens is 207 g/mol. The Kier molecular flexibility index (Phi) is 2.12. The Bertz CT molecular complexity index is 277. The molecule has 1 aliphatic carbocycles. The summed E-state index contributed by atoms with van der Waals surface area (Å²) in [7, 11) is 0. The number of halogens is 2. The molecule has 0 radical (unpaired) electrons. The Morgan fingerprint density at radius 1 is 0.833 bits per heavy atom. The van der Waals surface area contributed by atoms with Crippen LogP contribution in [0.4, 0.5) is 0 Å². The van der Waals surface area contributed by atoms with Crippen LogP contribution in [0.5, 0.6) is 0 Å². The number of ketones is 2. The summed E-state index contributed by atoms with van der Waals surface area (Å²) in [6, 6.07) is 0. The summed E-state index contributed by atoms with van der Waals surface area (Å²) < 4.78 is 0. The third-order valence-electron chi connectivity index (χ3n) is 1.24. The van der Waals surface area contributed by atoms with Gasteiger partial charge in [0.25, 0.3) is 0 Å². The predicted octanol–water partition coefficient (Wildman–Crippen LogP) is 1.16. The first kappa shape index (κ1) is 9.09. The first-order valence-electron chi connectivity index (χ1n) is 2.73. The summed E-state index contributed by atoms with van der Waals surface area (Å²) in [5.41, 5.74) is 0. The molecule has 0 saturated heterocycles. The molecule has 4 nitrogen and oxygen atoms in total. The van der Waals surface area contributed by atoms with E-state index in [2.05, 4.69) is 0 Å². The molecule has 0 bridgehead atoms. The number of aliphatic hydroxyl groups excluding tert-OH is 2. The quantitative estimate of drug-likeness (QED) is 0.587. The number of Topliss-reactive ketones (excluding diaryl/α,β-unsaturated/α-hetero) is 2. The van der Waals surface area contributed by atoms with Crippen molar-refractivity contribution < 1.29 is 19.8 Å². The topological polar surface area (TPSA) is 74.6 Å². The highest BCUT2D eigenvalue weighted by Crippen LogP contribution is 2.26. The fourth-order valence-corrected chi connectivity index (χ4v) is 0.973. The Morgan fingerprint density at radius 2 is 1.08 bits per heavy atom. The standard InChI is InChI=1S/C6H2Cl2O4/c7-1-3(9)5(11)2(8)6(12)4(1)10/h9,12H. The van der Waals surface area contributed by atoms with E-state index in [9.17, 15) is 9.59 Å². The van der Waals surface area contributed by atoms with Crippen LogP contribution in [0.1, 0.15) is 0 Å². The lowest BCUT2D eigenvalue weighted by Crippen LogP contribution is -2.19. The normalized spacial score (nSPS) is 19.2. The van der Waals surface area contributed by atoms with Crippen molar-refractivity contribution in [1.82, 2.24) is 0 Å². The molecule has 0 amide bonds. The summed E-state index contributed by atoms with van der Waals surface area (Å²) >= 11 is 10.4. The molecule has 0 unspecified atom stereocenters. The maximum Gasteiger partial charge on any atom is 0.244 e. The zero-order valence-corrected chi connectivity index (χ0v) is 6.98. The summed E-state index contributed by atoms with van der Waals surface area (Å²) in [5.74, 6) is -3.99. The van der Waals surface area contributed by atoms with Gasteiger partial charge in [0, 0.05) is 0 Å². The van der Waals surface area contributed by atoms with Crippen molar-refractivity contribution in [2.75, 3.05) is 0 Å². The fourth-order valence-electron chi connectivity index (χ4n) is 0.622. The third-order valence-corrected chi connectivity index (χ3v) is 1.95. The first-order chi connectivity index (χ1) is 5.46. The van der Waals surface area contributed by atoms with Crippen LogP contribution < -0.4 is 0 Å². The Hall–Kier alpha value is -1.00. The van der Waals surface area contributed by atoms with Crippen molar-refractivity contribution in [3.8, 4) is 0 Å². The van der Waals surface area contributed by atoms with Crippen LogP contribution in [-0.4, -0.2) is 21.8 Å². The Labute approximate surface area is 76.7 Å². The summed E-state index contributed by atoms with van der Waals surface area (Å²) in [6.45, 7) is 0. The predicted molar refractivity (Wildman–Crippen MR) is 41.0 cm³/mol. The molecule has 0 heterocycles. The molecule has 1 aliphatic rings. The van der Waals surface area contributed by atoms with Crippen LogP contribution in [0.25, 0.3) is 0 Å². The average Bonchev–Trinajstić information content (AvgIpc) is 2.08. The number of allylic oxidation sites excluding steroid dienone is 2. The van der Waals surface area contributed by atoms with Crippen molar-refractivity contribution >= 4 is 34.8 Å². The molecule has 0 aromatic heterocycles. The molecule has 0 aromatic rings. The molecule has 0 aromatic carbocycles. The van der Waals surface area contributed by atoms with Gasteiger partial charge in [0.05, 0.1) is 0 Å².